The van der Waals surface area contributed by atoms with E-state index < -0.39 is 11.6 Å². The molecule has 0 aromatic rings. The van der Waals surface area contributed by atoms with E-state index >= 15 is 0 Å². The van der Waals surface area contributed by atoms with Gasteiger partial charge in [-0.15, -0.1) is 0 Å². The average molecular weight is 217 g/mol. The number of carbonyl (C=O) groups excluding carboxylic acids is 1. The normalized spacial score (nSPS) is 14.3. The van der Waals surface area contributed by atoms with Crippen molar-refractivity contribution in [1.82, 2.24) is 5.32 Å². The van der Waals surface area contributed by atoms with Gasteiger partial charge in [0.2, 0.25) is 5.91 Å². The molecule has 0 aliphatic carbocycles. The monoisotopic (exact) mass is 217 g/mol. The Morgan fingerprint density at radius 2 is 1.93 bits per heavy atom. The summed E-state index contributed by atoms with van der Waals surface area (Å²) in [4.78, 5) is 21.7. The third-order valence-electron chi connectivity index (χ3n) is 2.10. The van der Waals surface area contributed by atoms with Crippen LogP contribution in [0, 0.1) is 0 Å². The third kappa shape index (κ3) is 6.06. The van der Waals surface area contributed by atoms with Crippen molar-refractivity contribution in [3.8, 4) is 0 Å². The number of nitrogens with one attached hydrogen (secondary N) is 1. The lowest BCUT2D eigenvalue weighted by molar-refractivity contribution is -0.156. The van der Waals surface area contributed by atoms with E-state index in [2.05, 4.69) is 5.32 Å². The molecular weight excluding hydrogens is 198 g/mol. The van der Waals surface area contributed by atoms with Crippen LogP contribution in [0.2, 0.25) is 0 Å². The second-order valence-corrected chi connectivity index (χ2v) is 3.81. The van der Waals surface area contributed by atoms with Gasteiger partial charge in [0.05, 0.1) is 6.54 Å². The van der Waals surface area contributed by atoms with Gasteiger partial charge in [0.15, 0.2) is 5.60 Å². The van der Waals surface area contributed by atoms with Crippen molar-refractivity contribution in [3.05, 3.63) is 0 Å². The van der Waals surface area contributed by atoms with Gasteiger partial charge in [-0.25, -0.2) is 4.79 Å². The zero-order valence-corrected chi connectivity index (χ0v) is 9.25. The molecule has 0 fully saturated rings. The van der Waals surface area contributed by atoms with Gasteiger partial charge in [0.1, 0.15) is 0 Å². The highest BCUT2D eigenvalue weighted by atomic mass is 16.4. The van der Waals surface area contributed by atoms with Gasteiger partial charge in [0.25, 0.3) is 0 Å². The highest BCUT2D eigenvalue weighted by Crippen LogP contribution is 2.02. The van der Waals surface area contributed by atoms with Gasteiger partial charge in [-0.2, -0.15) is 0 Å². The van der Waals surface area contributed by atoms with Gasteiger partial charge in [-0.3, -0.25) is 4.79 Å². The smallest absolute Gasteiger partial charge is 0.337 e. The molecule has 0 radical (unpaired) electrons. The molecule has 5 nitrogen and oxygen atoms in total. The number of hydrogen-bond donors (Lipinski definition) is 3. The van der Waals surface area contributed by atoms with E-state index in [1.54, 1.807) is 0 Å². The molecule has 0 aromatic heterocycles. The van der Waals surface area contributed by atoms with E-state index in [1.807, 2.05) is 6.92 Å². The molecule has 1 atom stereocenters. The van der Waals surface area contributed by atoms with Crippen molar-refractivity contribution in [2.45, 2.75) is 45.1 Å². The molecule has 0 aromatic carbocycles. The van der Waals surface area contributed by atoms with Crippen molar-refractivity contribution < 1.29 is 19.8 Å². The second kappa shape index (κ2) is 6.40. The molecule has 0 spiro atoms. The van der Waals surface area contributed by atoms with Crippen LogP contribution in [-0.2, 0) is 9.59 Å². The van der Waals surface area contributed by atoms with Gasteiger partial charge in [-0.05, 0) is 13.3 Å². The van der Waals surface area contributed by atoms with Crippen LogP contribution < -0.4 is 5.32 Å². The number of aliphatic carboxylic acids is 1. The molecule has 0 heterocycles. The quantitative estimate of drug-likeness (QED) is 0.542. The van der Waals surface area contributed by atoms with E-state index in [9.17, 15) is 14.7 Å². The zero-order valence-electron chi connectivity index (χ0n) is 9.25. The van der Waals surface area contributed by atoms with Crippen molar-refractivity contribution in [3.63, 3.8) is 0 Å². The van der Waals surface area contributed by atoms with Crippen LogP contribution in [-0.4, -0.2) is 34.2 Å². The zero-order chi connectivity index (χ0) is 11.9. The van der Waals surface area contributed by atoms with Gasteiger partial charge < -0.3 is 15.5 Å². The molecule has 0 rings (SSSR count). The average Bonchev–Trinajstić information content (AvgIpc) is 2.15. The SMILES string of the molecule is CCCCCC(=O)NCC(C)(O)C(=O)O. The standard InChI is InChI=1S/C10H19NO4/c1-3-4-5-6-8(12)11-7-10(2,15)9(13)14/h15H,3-7H2,1-2H3,(H,11,12)(H,13,14). The molecule has 0 aliphatic rings. The number of hydrogen-bond acceptors (Lipinski definition) is 3. The summed E-state index contributed by atoms with van der Waals surface area (Å²) in [5, 5.41) is 20.3. The molecule has 0 saturated heterocycles. The van der Waals surface area contributed by atoms with Crippen molar-refractivity contribution >= 4 is 11.9 Å². The highest BCUT2D eigenvalue weighted by molar-refractivity contribution is 5.80. The first-order valence-corrected chi connectivity index (χ1v) is 5.12. The van der Waals surface area contributed by atoms with Crippen LogP contribution in [0.25, 0.3) is 0 Å². The highest BCUT2D eigenvalue weighted by Gasteiger charge is 2.29. The maximum Gasteiger partial charge on any atom is 0.337 e. The van der Waals surface area contributed by atoms with Crippen molar-refractivity contribution in [1.29, 1.82) is 0 Å². The summed E-state index contributed by atoms with van der Waals surface area (Å²) < 4.78 is 0. The first kappa shape index (κ1) is 13.9. The fraction of sp³-hybridized carbons (Fsp3) is 0.800. The van der Waals surface area contributed by atoms with Crippen molar-refractivity contribution in [2.75, 3.05) is 6.54 Å². The van der Waals surface area contributed by atoms with Gasteiger partial charge >= 0.3 is 5.97 Å². The largest absolute Gasteiger partial charge is 0.479 e. The summed E-state index contributed by atoms with van der Waals surface area (Å²) in [5.41, 5.74) is -1.89. The first-order chi connectivity index (χ1) is 6.90. The number of aliphatic hydroxyl groups is 1. The third-order valence-corrected chi connectivity index (χ3v) is 2.10. The Labute approximate surface area is 89.5 Å². The molecule has 0 bridgehead atoms. The van der Waals surface area contributed by atoms with E-state index in [4.69, 9.17) is 5.11 Å². The predicted molar refractivity (Wildman–Crippen MR) is 55.4 cm³/mol. The Hall–Kier alpha value is -1.10. The molecule has 5 heteroatoms. The Morgan fingerprint density at radius 3 is 2.40 bits per heavy atom. The Morgan fingerprint density at radius 1 is 1.33 bits per heavy atom. The van der Waals surface area contributed by atoms with E-state index in [0.29, 0.717) is 6.42 Å². The molecule has 1 amide bonds. The molecule has 3 N–H and O–H groups in total. The van der Waals surface area contributed by atoms with Gasteiger partial charge in [0, 0.05) is 6.42 Å². The number of carboxylic acids is 1. The molecule has 88 valence electrons. The maximum atomic E-state index is 11.2. The van der Waals surface area contributed by atoms with Crippen LogP contribution in [0.5, 0.6) is 0 Å². The molecule has 0 saturated carbocycles. The summed E-state index contributed by atoms with van der Waals surface area (Å²) in [6.07, 6.45) is 3.17. The number of rotatable bonds is 7. The minimum Gasteiger partial charge on any atom is -0.479 e. The van der Waals surface area contributed by atoms with E-state index in [1.165, 1.54) is 0 Å². The summed E-state index contributed by atoms with van der Waals surface area (Å²) >= 11 is 0. The Kier molecular flexibility index (Phi) is 5.93. The van der Waals surface area contributed by atoms with E-state index in [-0.39, 0.29) is 12.5 Å². The minimum absolute atomic E-state index is 0.218. The van der Waals surface area contributed by atoms with Gasteiger partial charge in [-0.1, -0.05) is 19.8 Å². The van der Waals surface area contributed by atoms with Crippen LogP contribution in [0.4, 0.5) is 0 Å². The number of carbonyl (C=O) groups is 2. The summed E-state index contributed by atoms with van der Waals surface area (Å²) in [5.74, 6) is -1.55. The first-order valence-electron chi connectivity index (χ1n) is 5.12. The maximum absolute atomic E-state index is 11.2. The second-order valence-electron chi connectivity index (χ2n) is 3.81. The molecule has 15 heavy (non-hydrogen) atoms. The predicted octanol–water partition coefficient (Wildman–Crippen LogP) is 0.518. The lowest BCUT2D eigenvalue weighted by atomic mass is 10.1. The number of amides is 1. The fourth-order valence-corrected chi connectivity index (χ4v) is 0.970. The number of carboxylic acid groups (broad SMARTS) is 1. The molecular formula is C10H19NO4. The minimum atomic E-state index is -1.89. The lowest BCUT2D eigenvalue weighted by Crippen LogP contribution is -2.46. The Balaban J connectivity index is 3.75. The molecule has 1 unspecified atom stereocenters. The van der Waals surface area contributed by atoms with Crippen molar-refractivity contribution in [2.24, 2.45) is 0 Å². The van der Waals surface area contributed by atoms with Crippen LogP contribution >= 0.6 is 0 Å². The lowest BCUT2D eigenvalue weighted by Gasteiger charge is -2.18. The summed E-state index contributed by atoms with van der Waals surface area (Å²) in [7, 11) is 0. The van der Waals surface area contributed by atoms with Crippen LogP contribution in [0.1, 0.15) is 39.5 Å². The fourth-order valence-electron chi connectivity index (χ4n) is 0.970. The number of unbranched alkanes of at least 4 members (excludes halogenated alkanes) is 2. The summed E-state index contributed by atoms with van der Waals surface area (Å²) in [6.45, 7) is 2.93. The summed E-state index contributed by atoms with van der Waals surface area (Å²) in [6, 6.07) is 0. The van der Waals surface area contributed by atoms with Crippen LogP contribution in [0.15, 0.2) is 0 Å². The Bertz CT molecular complexity index is 225. The van der Waals surface area contributed by atoms with E-state index in [0.717, 1.165) is 26.2 Å². The van der Waals surface area contributed by atoms with Crippen LogP contribution in [0.3, 0.4) is 0 Å². The topological polar surface area (TPSA) is 86.6 Å². The molecule has 0 aliphatic heterocycles.